The molecule has 1 N–H and O–H groups in total. The van der Waals surface area contributed by atoms with Crippen molar-refractivity contribution in [1.82, 2.24) is 15.3 Å². The summed E-state index contributed by atoms with van der Waals surface area (Å²) in [5.41, 5.74) is 0. The predicted octanol–water partition coefficient (Wildman–Crippen LogP) is 2.63. The van der Waals surface area contributed by atoms with Crippen molar-refractivity contribution in [3.63, 3.8) is 0 Å². The first-order valence-electron chi connectivity index (χ1n) is 9.52. The highest BCUT2D eigenvalue weighted by atomic mass is 16.1. The van der Waals surface area contributed by atoms with Crippen molar-refractivity contribution in [3.8, 4) is 0 Å². The summed E-state index contributed by atoms with van der Waals surface area (Å²) in [7, 11) is 0. The van der Waals surface area contributed by atoms with Gasteiger partial charge in [0.15, 0.2) is 0 Å². The van der Waals surface area contributed by atoms with Gasteiger partial charge in [-0.2, -0.15) is 0 Å². The number of anilines is 1. The van der Waals surface area contributed by atoms with Crippen molar-refractivity contribution in [1.29, 1.82) is 0 Å². The zero-order valence-corrected chi connectivity index (χ0v) is 14.5. The molecule has 2 bridgehead atoms. The van der Waals surface area contributed by atoms with Gasteiger partial charge in [-0.25, -0.2) is 4.98 Å². The van der Waals surface area contributed by atoms with Crippen molar-refractivity contribution in [2.75, 3.05) is 18.0 Å². The Kier molecular flexibility index (Phi) is 4.42. The summed E-state index contributed by atoms with van der Waals surface area (Å²) in [6.45, 7) is 4.00. The number of hydrogen-bond donors (Lipinski definition) is 1. The fourth-order valence-corrected chi connectivity index (χ4v) is 5.18. The lowest BCUT2D eigenvalue weighted by Crippen LogP contribution is -2.46. The standard InChI is InChI=1S/C19H28N4O/c1-13(17-11-14-2-3-16(17)10-14)22-19(24)15-4-8-23(9-5-15)18-12-20-6-7-21-18/h6-7,12-17H,2-5,8-11H2,1H3,(H,22,24). The number of amides is 1. The van der Waals surface area contributed by atoms with E-state index in [2.05, 4.69) is 27.1 Å². The van der Waals surface area contributed by atoms with Gasteiger partial charge in [0, 0.05) is 37.4 Å². The average Bonchev–Trinajstić information content (AvgIpc) is 3.26. The van der Waals surface area contributed by atoms with Crippen LogP contribution in [0.3, 0.4) is 0 Å². The molecule has 2 saturated carbocycles. The summed E-state index contributed by atoms with van der Waals surface area (Å²) in [6.07, 6.45) is 12.6. The number of nitrogens with zero attached hydrogens (tertiary/aromatic N) is 3. The van der Waals surface area contributed by atoms with E-state index < -0.39 is 0 Å². The zero-order valence-electron chi connectivity index (χ0n) is 14.5. The fourth-order valence-electron chi connectivity index (χ4n) is 5.18. The van der Waals surface area contributed by atoms with Gasteiger partial charge in [0.05, 0.1) is 6.20 Å². The lowest BCUT2D eigenvalue weighted by molar-refractivity contribution is -0.126. The second-order valence-corrected chi connectivity index (χ2v) is 7.96. The molecule has 3 aliphatic rings. The second-order valence-electron chi connectivity index (χ2n) is 7.96. The maximum Gasteiger partial charge on any atom is 0.223 e. The number of aromatic nitrogens is 2. The minimum Gasteiger partial charge on any atom is -0.355 e. The Bertz CT molecular complexity index is 570. The molecule has 4 unspecified atom stereocenters. The van der Waals surface area contributed by atoms with Crippen LogP contribution in [-0.4, -0.2) is 35.0 Å². The third-order valence-corrected chi connectivity index (χ3v) is 6.54. The topological polar surface area (TPSA) is 58.1 Å². The van der Waals surface area contributed by atoms with Crippen LogP contribution in [0, 0.1) is 23.7 Å². The maximum absolute atomic E-state index is 12.7. The third-order valence-electron chi connectivity index (χ3n) is 6.54. The quantitative estimate of drug-likeness (QED) is 0.923. The summed E-state index contributed by atoms with van der Waals surface area (Å²) < 4.78 is 0. The first-order chi connectivity index (χ1) is 11.7. The lowest BCUT2D eigenvalue weighted by atomic mass is 9.83. The van der Waals surface area contributed by atoms with Crippen LogP contribution in [-0.2, 0) is 4.79 Å². The van der Waals surface area contributed by atoms with Crippen LogP contribution in [0.4, 0.5) is 5.82 Å². The molecule has 24 heavy (non-hydrogen) atoms. The zero-order chi connectivity index (χ0) is 16.5. The SMILES string of the molecule is CC(NC(=O)C1CCN(c2cnccn2)CC1)C1CC2CCC1C2. The molecular formula is C19H28N4O. The molecule has 130 valence electrons. The largest absolute Gasteiger partial charge is 0.355 e. The van der Waals surface area contributed by atoms with Gasteiger partial charge in [0.25, 0.3) is 0 Å². The Balaban J connectivity index is 1.27. The summed E-state index contributed by atoms with van der Waals surface area (Å²) in [5, 5.41) is 3.35. The molecule has 1 aromatic heterocycles. The van der Waals surface area contributed by atoms with E-state index in [0.717, 1.165) is 43.6 Å². The smallest absolute Gasteiger partial charge is 0.223 e. The van der Waals surface area contributed by atoms with E-state index in [0.29, 0.717) is 12.0 Å². The molecule has 0 spiro atoms. The monoisotopic (exact) mass is 328 g/mol. The molecule has 4 atom stereocenters. The highest BCUT2D eigenvalue weighted by Crippen LogP contribution is 2.49. The summed E-state index contributed by atoms with van der Waals surface area (Å²) >= 11 is 0. The lowest BCUT2D eigenvalue weighted by Gasteiger charge is -2.34. The van der Waals surface area contributed by atoms with Crippen LogP contribution in [0.2, 0.25) is 0 Å². The van der Waals surface area contributed by atoms with Gasteiger partial charge in [-0.1, -0.05) is 6.42 Å². The molecular weight excluding hydrogens is 300 g/mol. The molecule has 0 aromatic carbocycles. The number of carbonyl (C=O) groups excluding carboxylic acids is 1. The summed E-state index contributed by atoms with van der Waals surface area (Å²) in [5.74, 6) is 3.86. The molecule has 4 rings (SSSR count). The van der Waals surface area contributed by atoms with Crippen LogP contribution in [0.15, 0.2) is 18.6 Å². The number of nitrogens with one attached hydrogen (secondary N) is 1. The van der Waals surface area contributed by atoms with Crippen LogP contribution in [0.1, 0.15) is 45.4 Å². The van der Waals surface area contributed by atoms with Gasteiger partial charge in [0.1, 0.15) is 5.82 Å². The number of carbonyl (C=O) groups is 1. The van der Waals surface area contributed by atoms with Crippen LogP contribution >= 0.6 is 0 Å². The number of rotatable bonds is 4. The number of piperidine rings is 1. The van der Waals surface area contributed by atoms with Crippen molar-refractivity contribution < 1.29 is 4.79 Å². The molecule has 1 saturated heterocycles. The molecule has 5 heteroatoms. The van der Waals surface area contributed by atoms with Crippen molar-refractivity contribution >= 4 is 11.7 Å². The number of fused-ring (bicyclic) bond motifs is 2. The molecule has 1 amide bonds. The van der Waals surface area contributed by atoms with Gasteiger partial charge in [-0.3, -0.25) is 9.78 Å². The van der Waals surface area contributed by atoms with Crippen LogP contribution in [0.5, 0.6) is 0 Å². The van der Waals surface area contributed by atoms with E-state index in [-0.39, 0.29) is 11.8 Å². The van der Waals surface area contributed by atoms with E-state index in [1.165, 1.54) is 25.7 Å². The normalized spacial score (nSPS) is 31.2. The van der Waals surface area contributed by atoms with Crippen LogP contribution in [0.25, 0.3) is 0 Å². The Hall–Kier alpha value is -1.65. The van der Waals surface area contributed by atoms with Crippen molar-refractivity contribution in [2.45, 2.75) is 51.5 Å². The van der Waals surface area contributed by atoms with Crippen molar-refractivity contribution in [2.24, 2.45) is 23.7 Å². The highest BCUT2D eigenvalue weighted by molar-refractivity contribution is 5.79. The van der Waals surface area contributed by atoms with Crippen molar-refractivity contribution in [3.05, 3.63) is 18.6 Å². The Morgan fingerprint density at radius 3 is 2.67 bits per heavy atom. The van der Waals surface area contributed by atoms with E-state index in [1.54, 1.807) is 18.6 Å². The molecule has 1 aliphatic heterocycles. The molecule has 3 fully saturated rings. The minimum atomic E-state index is 0.152. The molecule has 2 heterocycles. The first kappa shape index (κ1) is 15.9. The molecule has 2 aliphatic carbocycles. The van der Waals surface area contributed by atoms with E-state index in [9.17, 15) is 4.79 Å². The number of hydrogen-bond acceptors (Lipinski definition) is 4. The fraction of sp³-hybridized carbons (Fsp3) is 0.737. The maximum atomic E-state index is 12.7. The Morgan fingerprint density at radius 1 is 1.21 bits per heavy atom. The predicted molar refractivity (Wildman–Crippen MR) is 93.5 cm³/mol. The summed E-state index contributed by atoms with van der Waals surface area (Å²) in [4.78, 5) is 23.4. The summed E-state index contributed by atoms with van der Waals surface area (Å²) in [6, 6.07) is 0.339. The Labute approximate surface area is 144 Å². The molecule has 0 radical (unpaired) electrons. The highest BCUT2D eigenvalue weighted by Gasteiger charge is 2.42. The molecule has 1 aromatic rings. The Morgan fingerprint density at radius 2 is 2.04 bits per heavy atom. The minimum absolute atomic E-state index is 0.152. The van der Waals surface area contributed by atoms with Gasteiger partial charge >= 0.3 is 0 Å². The second kappa shape index (κ2) is 6.69. The third kappa shape index (κ3) is 3.13. The van der Waals surface area contributed by atoms with Crippen LogP contribution < -0.4 is 10.2 Å². The molecule has 5 nitrogen and oxygen atoms in total. The van der Waals surface area contributed by atoms with Gasteiger partial charge in [-0.15, -0.1) is 0 Å². The van der Waals surface area contributed by atoms with Gasteiger partial charge in [0.2, 0.25) is 5.91 Å². The van der Waals surface area contributed by atoms with E-state index >= 15 is 0 Å². The van der Waals surface area contributed by atoms with E-state index in [4.69, 9.17) is 0 Å². The van der Waals surface area contributed by atoms with Gasteiger partial charge in [-0.05, 0) is 56.8 Å². The van der Waals surface area contributed by atoms with E-state index in [1.807, 2.05) is 0 Å². The first-order valence-corrected chi connectivity index (χ1v) is 9.52. The van der Waals surface area contributed by atoms with Gasteiger partial charge < -0.3 is 10.2 Å². The average molecular weight is 328 g/mol.